The summed E-state index contributed by atoms with van der Waals surface area (Å²) >= 11 is 0. The largest absolute Gasteiger partial charge is 0.323 e. The lowest BCUT2D eigenvalue weighted by Gasteiger charge is -2.10. The normalized spacial score (nSPS) is 11.1. The van der Waals surface area contributed by atoms with E-state index in [-0.39, 0.29) is 29.2 Å². The van der Waals surface area contributed by atoms with Crippen molar-refractivity contribution in [3.05, 3.63) is 122 Å². The van der Waals surface area contributed by atoms with Crippen molar-refractivity contribution in [1.82, 2.24) is 15.0 Å². The first-order chi connectivity index (χ1) is 19.9. The van der Waals surface area contributed by atoms with E-state index in [1.54, 1.807) is 24.3 Å². The zero-order valence-corrected chi connectivity index (χ0v) is 21.1. The van der Waals surface area contributed by atoms with Gasteiger partial charge < -0.3 is 5.32 Å². The van der Waals surface area contributed by atoms with Crippen LogP contribution in [0.1, 0.15) is 11.1 Å². The minimum atomic E-state index is -0.479. The predicted molar refractivity (Wildman–Crippen MR) is 156 cm³/mol. The molecule has 0 saturated carbocycles. The molecule has 0 atom stereocenters. The van der Waals surface area contributed by atoms with E-state index in [1.165, 1.54) is 36.7 Å². The fraction of sp³-hybridized carbons (Fsp3) is 0. The van der Waals surface area contributed by atoms with E-state index in [4.69, 9.17) is 0 Å². The summed E-state index contributed by atoms with van der Waals surface area (Å²) < 4.78 is 0. The van der Waals surface area contributed by atoms with Crippen LogP contribution >= 0.6 is 0 Å². The Balaban J connectivity index is 1.38. The van der Waals surface area contributed by atoms with Gasteiger partial charge in [0.2, 0.25) is 17.8 Å². The summed E-state index contributed by atoms with van der Waals surface area (Å²) in [6.45, 7) is 0. The minimum absolute atomic E-state index is 0.0262. The molecule has 14 nitrogen and oxygen atoms in total. The molecular formula is C27H20N10O4. The van der Waals surface area contributed by atoms with Crippen LogP contribution < -0.4 is 16.2 Å². The van der Waals surface area contributed by atoms with Crippen LogP contribution in [0.3, 0.4) is 0 Å². The average Bonchev–Trinajstić information content (AvgIpc) is 2.98. The standard InChI is InChI=1S/C27H20N10O4/c38-36(39)21-12-8-18(9-13-21)16-28-34-26-31-25(30-24-7-3-5-20-4-1-2-6-23(20)24)32-27(33-26)35-29-17-19-10-14-22(15-11-19)37(40)41/h1-17H,(H3,30,31,32,33,34,35)/b28-16+,29-17+. The molecule has 1 heterocycles. The van der Waals surface area contributed by atoms with Crippen molar-refractivity contribution in [3.63, 3.8) is 0 Å². The molecule has 0 bridgehead atoms. The Bertz CT molecular complexity index is 1680. The number of rotatable bonds is 10. The van der Waals surface area contributed by atoms with Gasteiger partial charge in [-0.2, -0.15) is 25.2 Å². The molecule has 1 aromatic heterocycles. The highest BCUT2D eigenvalue weighted by Crippen LogP contribution is 2.25. The fourth-order valence-electron chi connectivity index (χ4n) is 3.68. The maximum absolute atomic E-state index is 10.9. The first-order valence-corrected chi connectivity index (χ1v) is 12.0. The number of anilines is 4. The van der Waals surface area contributed by atoms with Crippen molar-refractivity contribution in [3.8, 4) is 0 Å². The Morgan fingerprint density at radius 1 is 0.610 bits per heavy atom. The third-order valence-electron chi connectivity index (χ3n) is 5.64. The molecule has 5 aromatic rings. The molecule has 3 N–H and O–H groups in total. The molecule has 4 aromatic carbocycles. The number of benzene rings is 4. The highest BCUT2D eigenvalue weighted by molar-refractivity contribution is 5.95. The van der Waals surface area contributed by atoms with Gasteiger partial charge in [0, 0.05) is 35.3 Å². The molecule has 41 heavy (non-hydrogen) atoms. The second-order valence-electron chi connectivity index (χ2n) is 8.40. The van der Waals surface area contributed by atoms with Crippen LogP contribution in [0.4, 0.5) is 34.9 Å². The van der Waals surface area contributed by atoms with Crippen LogP contribution in [0, 0.1) is 20.2 Å². The zero-order valence-electron chi connectivity index (χ0n) is 21.1. The molecule has 0 spiro atoms. The average molecular weight is 549 g/mol. The van der Waals surface area contributed by atoms with Crippen LogP contribution in [-0.4, -0.2) is 37.2 Å². The molecular weight excluding hydrogens is 528 g/mol. The molecule has 0 radical (unpaired) electrons. The Morgan fingerprint density at radius 2 is 1.10 bits per heavy atom. The van der Waals surface area contributed by atoms with Gasteiger partial charge in [0.1, 0.15) is 0 Å². The number of non-ortho nitro benzene ring substituents is 2. The molecule has 0 fully saturated rings. The van der Waals surface area contributed by atoms with Crippen molar-refractivity contribution >= 4 is 58.1 Å². The minimum Gasteiger partial charge on any atom is -0.323 e. The lowest BCUT2D eigenvalue weighted by atomic mass is 10.1. The summed E-state index contributed by atoms with van der Waals surface area (Å²) in [6, 6.07) is 25.4. The quantitative estimate of drug-likeness (QED) is 0.115. The number of nitro benzene ring substituents is 2. The molecule has 0 saturated heterocycles. The lowest BCUT2D eigenvalue weighted by molar-refractivity contribution is -0.385. The van der Waals surface area contributed by atoms with E-state index >= 15 is 0 Å². The number of nitrogens with zero attached hydrogens (tertiary/aromatic N) is 7. The summed E-state index contributed by atoms with van der Waals surface area (Å²) in [4.78, 5) is 33.8. The number of fused-ring (bicyclic) bond motifs is 1. The Morgan fingerprint density at radius 3 is 1.63 bits per heavy atom. The fourth-order valence-corrected chi connectivity index (χ4v) is 3.68. The number of nitro groups is 2. The predicted octanol–water partition coefficient (Wildman–Crippen LogP) is 5.48. The van der Waals surface area contributed by atoms with Gasteiger partial charge in [-0.15, -0.1) is 0 Å². The van der Waals surface area contributed by atoms with E-state index in [2.05, 4.69) is 41.3 Å². The van der Waals surface area contributed by atoms with Crippen LogP contribution in [0.25, 0.3) is 10.8 Å². The Hall–Kier alpha value is -6.31. The Kier molecular flexibility index (Phi) is 7.72. The van der Waals surface area contributed by atoms with Crippen LogP contribution in [0.2, 0.25) is 0 Å². The molecule has 14 heteroatoms. The summed E-state index contributed by atoms with van der Waals surface area (Å²) in [5.41, 5.74) is 7.44. The summed E-state index contributed by atoms with van der Waals surface area (Å²) in [6.07, 6.45) is 2.93. The van der Waals surface area contributed by atoms with Crippen LogP contribution in [0.15, 0.2) is 101 Å². The number of hydrogen-bond acceptors (Lipinski definition) is 12. The van der Waals surface area contributed by atoms with Crippen molar-refractivity contribution < 1.29 is 9.85 Å². The molecule has 0 aliphatic carbocycles. The van der Waals surface area contributed by atoms with Crippen molar-refractivity contribution in [1.29, 1.82) is 0 Å². The third-order valence-corrected chi connectivity index (χ3v) is 5.64. The molecule has 202 valence electrons. The summed E-state index contributed by atoms with van der Waals surface area (Å²) in [5.74, 6) is 0.389. The van der Waals surface area contributed by atoms with Gasteiger partial charge >= 0.3 is 0 Å². The number of aromatic nitrogens is 3. The molecule has 0 aliphatic heterocycles. The van der Waals surface area contributed by atoms with Crippen molar-refractivity contribution in [2.24, 2.45) is 10.2 Å². The van der Waals surface area contributed by atoms with Gasteiger partial charge in [0.05, 0.1) is 22.3 Å². The molecule has 0 amide bonds. The Labute approximate surface area is 231 Å². The summed E-state index contributed by atoms with van der Waals surface area (Å²) in [5, 5.41) is 35.2. The monoisotopic (exact) mass is 548 g/mol. The maximum atomic E-state index is 10.9. The number of hydrogen-bond donors (Lipinski definition) is 3. The van der Waals surface area contributed by atoms with Crippen LogP contribution in [0.5, 0.6) is 0 Å². The third kappa shape index (κ3) is 6.77. The highest BCUT2D eigenvalue weighted by Gasteiger charge is 2.09. The highest BCUT2D eigenvalue weighted by atomic mass is 16.6. The molecule has 0 unspecified atom stereocenters. The van der Waals surface area contributed by atoms with Gasteiger partial charge in [-0.25, -0.2) is 10.9 Å². The van der Waals surface area contributed by atoms with Gasteiger partial charge in [0.15, 0.2) is 0 Å². The second kappa shape index (κ2) is 12.0. The van der Waals surface area contributed by atoms with Gasteiger partial charge in [-0.05, 0) is 46.8 Å². The molecule has 0 aliphatic rings. The molecule has 5 rings (SSSR count). The van der Waals surface area contributed by atoms with E-state index < -0.39 is 9.85 Å². The topological polar surface area (TPSA) is 186 Å². The van der Waals surface area contributed by atoms with E-state index in [0.29, 0.717) is 11.1 Å². The second-order valence-corrected chi connectivity index (χ2v) is 8.40. The van der Waals surface area contributed by atoms with E-state index in [0.717, 1.165) is 16.5 Å². The van der Waals surface area contributed by atoms with Gasteiger partial charge in [-0.1, -0.05) is 36.4 Å². The van der Waals surface area contributed by atoms with E-state index in [1.807, 2.05) is 42.5 Å². The summed E-state index contributed by atoms with van der Waals surface area (Å²) in [7, 11) is 0. The van der Waals surface area contributed by atoms with E-state index in [9.17, 15) is 20.2 Å². The zero-order chi connectivity index (χ0) is 28.6. The van der Waals surface area contributed by atoms with Crippen molar-refractivity contribution in [2.45, 2.75) is 0 Å². The van der Waals surface area contributed by atoms with Gasteiger partial charge in [0.25, 0.3) is 11.4 Å². The van der Waals surface area contributed by atoms with Crippen LogP contribution in [-0.2, 0) is 0 Å². The van der Waals surface area contributed by atoms with Gasteiger partial charge in [-0.3, -0.25) is 20.2 Å². The first-order valence-electron chi connectivity index (χ1n) is 12.0. The number of nitrogens with one attached hydrogen (secondary N) is 3. The lowest BCUT2D eigenvalue weighted by Crippen LogP contribution is -2.07. The van der Waals surface area contributed by atoms with Crippen molar-refractivity contribution in [2.75, 3.05) is 16.2 Å². The number of hydrazone groups is 2. The SMILES string of the molecule is O=[N+]([O-])c1ccc(/C=N/Nc2nc(N/N=C/c3ccc([N+](=O)[O-])cc3)nc(Nc3cccc4ccccc34)n2)cc1. The first kappa shape index (κ1) is 26.3. The maximum Gasteiger partial charge on any atom is 0.269 e. The smallest absolute Gasteiger partial charge is 0.269 e.